The first-order chi connectivity index (χ1) is 13.6. The largest absolute Gasteiger partial charge is 0.353 e. The quantitative estimate of drug-likeness (QED) is 0.833. The molecule has 0 bridgehead atoms. The normalized spacial score (nSPS) is 21.2. The second-order valence-corrected chi connectivity index (χ2v) is 8.27. The summed E-state index contributed by atoms with van der Waals surface area (Å²) >= 11 is 0. The predicted molar refractivity (Wildman–Crippen MR) is 106 cm³/mol. The average molecular weight is 384 g/mol. The maximum absolute atomic E-state index is 13.9. The summed E-state index contributed by atoms with van der Waals surface area (Å²) in [7, 11) is 0. The van der Waals surface area contributed by atoms with Crippen molar-refractivity contribution in [3.63, 3.8) is 0 Å². The maximum Gasteiger partial charge on any atom is 0.248 e. The zero-order valence-corrected chi connectivity index (χ0v) is 16.3. The van der Waals surface area contributed by atoms with Gasteiger partial charge in [-0.25, -0.2) is 4.39 Å². The third kappa shape index (κ3) is 3.58. The Bertz CT molecular complexity index is 793. The molecule has 2 aliphatic rings. The zero-order valence-electron chi connectivity index (χ0n) is 16.3. The SMILES string of the molecule is O=C(NCC1(c2cccc(F)c2)CCCCC1)C1(n2cccn2)CCNCC1. The summed E-state index contributed by atoms with van der Waals surface area (Å²) in [4.78, 5) is 13.4. The summed E-state index contributed by atoms with van der Waals surface area (Å²) in [6.45, 7) is 2.14. The van der Waals surface area contributed by atoms with E-state index in [9.17, 15) is 9.18 Å². The minimum absolute atomic E-state index is 0.0269. The van der Waals surface area contributed by atoms with Crippen molar-refractivity contribution < 1.29 is 9.18 Å². The highest BCUT2D eigenvalue weighted by atomic mass is 19.1. The van der Waals surface area contributed by atoms with Gasteiger partial charge in [-0.1, -0.05) is 31.4 Å². The number of carbonyl (C=O) groups excluding carboxylic acids is 1. The van der Waals surface area contributed by atoms with E-state index >= 15 is 0 Å². The number of hydrogen-bond donors (Lipinski definition) is 2. The molecule has 2 N–H and O–H groups in total. The number of benzene rings is 1. The first kappa shape index (κ1) is 19.1. The number of nitrogens with one attached hydrogen (secondary N) is 2. The van der Waals surface area contributed by atoms with Gasteiger partial charge in [0.05, 0.1) is 0 Å². The number of amides is 1. The molecular formula is C22H29FN4O. The highest BCUT2D eigenvalue weighted by Crippen LogP contribution is 2.39. The van der Waals surface area contributed by atoms with Gasteiger partial charge in [-0.3, -0.25) is 9.48 Å². The number of piperidine rings is 1. The monoisotopic (exact) mass is 384 g/mol. The molecule has 0 unspecified atom stereocenters. The molecule has 0 radical (unpaired) electrons. The first-order valence-corrected chi connectivity index (χ1v) is 10.4. The lowest BCUT2D eigenvalue weighted by atomic mass is 9.69. The van der Waals surface area contributed by atoms with Gasteiger partial charge in [-0.15, -0.1) is 0 Å². The lowest BCUT2D eigenvalue weighted by Crippen LogP contribution is -2.56. The van der Waals surface area contributed by atoms with Crippen molar-refractivity contribution in [3.05, 3.63) is 54.1 Å². The van der Waals surface area contributed by atoms with E-state index in [1.807, 2.05) is 23.0 Å². The van der Waals surface area contributed by atoms with Crippen LogP contribution in [0.2, 0.25) is 0 Å². The van der Waals surface area contributed by atoms with Crippen LogP contribution in [-0.2, 0) is 15.7 Å². The van der Waals surface area contributed by atoms with Gasteiger partial charge in [0.25, 0.3) is 0 Å². The van der Waals surface area contributed by atoms with Gasteiger partial charge in [0.15, 0.2) is 0 Å². The van der Waals surface area contributed by atoms with Gasteiger partial charge < -0.3 is 10.6 Å². The molecule has 1 aromatic heterocycles. The molecule has 1 saturated carbocycles. The standard InChI is InChI=1S/C22H29FN4O/c23-19-7-4-6-18(16-19)21(8-2-1-3-9-21)17-25-20(28)22(10-13-24-14-11-22)27-15-5-12-26-27/h4-7,12,15-16,24H,1-3,8-11,13-14,17H2,(H,25,28). The molecule has 0 spiro atoms. The first-order valence-electron chi connectivity index (χ1n) is 10.4. The molecule has 1 aromatic carbocycles. The molecule has 150 valence electrons. The highest BCUT2D eigenvalue weighted by Gasteiger charge is 2.43. The fourth-order valence-electron chi connectivity index (χ4n) is 4.95. The van der Waals surface area contributed by atoms with Crippen molar-refractivity contribution >= 4 is 5.91 Å². The van der Waals surface area contributed by atoms with Gasteiger partial charge in [0.2, 0.25) is 5.91 Å². The molecule has 4 rings (SSSR count). The number of aromatic nitrogens is 2. The molecule has 5 nitrogen and oxygen atoms in total. The highest BCUT2D eigenvalue weighted by molar-refractivity contribution is 5.84. The van der Waals surface area contributed by atoms with Crippen LogP contribution in [0, 0.1) is 5.82 Å². The van der Waals surface area contributed by atoms with Gasteiger partial charge in [-0.2, -0.15) is 5.10 Å². The Kier molecular flexibility index (Phi) is 5.49. The van der Waals surface area contributed by atoms with Crippen molar-refractivity contribution in [3.8, 4) is 0 Å². The fourth-order valence-corrected chi connectivity index (χ4v) is 4.95. The fraction of sp³-hybridized carbons (Fsp3) is 0.545. The van der Waals surface area contributed by atoms with E-state index < -0.39 is 5.54 Å². The van der Waals surface area contributed by atoms with Crippen molar-refractivity contribution in [2.75, 3.05) is 19.6 Å². The Labute approximate surface area is 165 Å². The second-order valence-electron chi connectivity index (χ2n) is 8.27. The molecule has 2 fully saturated rings. The number of rotatable bonds is 5. The molecular weight excluding hydrogens is 355 g/mol. The van der Waals surface area contributed by atoms with E-state index in [2.05, 4.69) is 15.7 Å². The Morgan fingerprint density at radius 1 is 1.14 bits per heavy atom. The Balaban J connectivity index is 1.57. The third-order valence-corrected chi connectivity index (χ3v) is 6.63. The van der Waals surface area contributed by atoms with Crippen LogP contribution in [0.4, 0.5) is 4.39 Å². The average Bonchev–Trinajstić information content (AvgIpc) is 3.29. The number of nitrogens with zero attached hydrogens (tertiary/aromatic N) is 2. The molecule has 2 heterocycles. The molecule has 1 amide bonds. The van der Waals surface area contributed by atoms with E-state index in [1.165, 1.54) is 12.5 Å². The van der Waals surface area contributed by atoms with E-state index in [4.69, 9.17) is 0 Å². The van der Waals surface area contributed by atoms with Crippen LogP contribution >= 0.6 is 0 Å². The number of hydrogen-bond acceptors (Lipinski definition) is 3. The van der Waals surface area contributed by atoms with Crippen LogP contribution in [-0.4, -0.2) is 35.3 Å². The minimum Gasteiger partial charge on any atom is -0.353 e. The molecule has 0 atom stereocenters. The van der Waals surface area contributed by atoms with Crippen molar-refractivity contribution in [2.45, 2.75) is 55.9 Å². The minimum atomic E-state index is -0.646. The number of carbonyl (C=O) groups is 1. The Hall–Kier alpha value is -2.21. The summed E-state index contributed by atoms with van der Waals surface area (Å²) in [5.41, 5.74) is 0.173. The van der Waals surface area contributed by atoms with Gasteiger partial charge in [0, 0.05) is 24.4 Å². The lowest BCUT2D eigenvalue weighted by molar-refractivity contribution is -0.132. The Morgan fingerprint density at radius 3 is 2.61 bits per heavy atom. The summed E-state index contributed by atoms with van der Waals surface area (Å²) in [5.74, 6) is -0.181. The smallest absolute Gasteiger partial charge is 0.248 e. The Morgan fingerprint density at radius 2 is 1.93 bits per heavy atom. The summed E-state index contributed by atoms with van der Waals surface area (Å²) < 4.78 is 15.7. The van der Waals surface area contributed by atoms with Crippen LogP contribution in [0.25, 0.3) is 0 Å². The molecule has 6 heteroatoms. The van der Waals surface area contributed by atoms with E-state index in [1.54, 1.807) is 18.3 Å². The van der Waals surface area contributed by atoms with Gasteiger partial charge in [-0.05, 0) is 62.5 Å². The van der Waals surface area contributed by atoms with Crippen LogP contribution in [0.3, 0.4) is 0 Å². The van der Waals surface area contributed by atoms with Crippen LogP contribution < -0.4 is 10.6 Å². The van der Waals surface area contributed by atoms with E-state index in [0.29, 0.717) is 19.4 Å². The molecule has 1 aliphatic carbocycles. The van der Waals surface area contributed by atoms with E-state index in [-0.39, 0.29) is 17.1 Å². The topological polar surface area (TPSA) is 59.0 Å². The lowest BCUT2D eigenvalue weighted by Gasteiger charge is -2.41. The number of halogens is 1. The summed E-state index contributed by atoms with van der Waals surface area (Å²) in [5, 5.41) is 11.0. The van der Waals surface area contributed by atoms with Crippen molar-refractivity contribution in [1.29, 1.82) is 0 Å². The van der Waals surface area contributed by atoms with Gasteiger partial charge in [0.1, 0.15) is 11.4 Å². The van der Waals surface area contributed by atoms with Crippen molar-refractivity contribution in [2.24, 2.45) is 0 Å². The molecule has 2 aromatic rings. The predicted octanol–water partition coefficient (Wildman–Crippen LogP) is 3.12. The summed E-state index contributed by atoms with van der Waals surface area (Å²) in [6.07, 6.45) is 10.4. The zero-order chi connectivity index (χ0) is 19.5. The molecule has 28 heavy (non-hydrogen) atoms. The molecule has 1 aliphatic heterocycles. The van der Waals surface area contributed by atoms with Crippen molar-refractivity contribution in [1.82, 2.24) is 20.4 Å². The maximum atomic E-state index is 13.9. The van der Waals surface area contributed by atoms with Gasteiger partial charge >= 0.3 is 0 Å². The third-order valence-electron chi connectivity index (χ3n) is 6.63. The van der Waals surface area contributed by atoms with Crippen LogP contribution in [0.5, 0.6) is 0 Å². The van der Waals surface area contributed by atoms with Crippen LogP contribution in [0.15, 0.2) is 42.7 Å². The second kappa shape index (κ2) is 8.03. The van der Waals surface area contributed by atoms with Crippen LogP contribution in [0.1, 0.15) is 50.5 Å². The van der Waals surface area contributed by atoms with E-state index in [0.717, 1.165) is 44.3 Å². The summed E-state index contributed by atoms with van der Waals surface area (Å²) in [6, 6.07) is 8.79. The molecule has 1 saturated heterocycles.